The van der Waals surface area contributed by atoms with E-state index in [0.29, 0.717) is 6.61 Å². The Morgan fingerprint density at radius 2 is 2.22 bits per heavy atom. The molecular weight excluding hydrogens is 254 g/mol. The highest BCUT2D eigenvalue weighted by Gasteiger charge is 2.31. The lowest BCUT2D eigenvalue weighted by Gasteiger charge is -2.23. The summed E-state index contributed by atoms with van der Waals surface area (Å²) in [5.41, 5.74) is 1.05. The van der Waals surface area contributed by atoms with Gasteiger partial charge in [-0.15, -0.1) is 11.3 Å². The van der Waals surface area contributed by atoms with Gasteiger partial charge >= 0.3 is 5.97 Å². The molecule has 18 heavy (non-hydrogen) atoms. The van der Waals surface area contributed by atoms with Crippen LogP contribution in [-0.2, 0) is 14.3 Å². The van der Waals surface area contributed by atoms with Gasteiger partial charge in [-0.3, -0.25) is 4.79 Å². The van der Waals surface area contributed by atoms with E-state index in [1.165, 1.54) is 18.3 Å². The van der Waals surface area contributed by atoms with Gasteiger partial charge in [0.2, 0.25) is 5.91 Å². The monoisotopic (exact) mass is 271 g/mol. The number of aliphatic carboxylic acids is 1. The Hall–Kier alpha value is -1.40. The molecule has 0 spiro atoms. The largest absolute Gasteiger partial charge is 0.480 e. The molecule has 6 heteroatoms. The van der Waals surface area contributed by atoms with Crippen molar-refractivity contribution >= 4 is 23.2 Å². The first-order chi connectivity index (χ1) is 8.45. The number of amides is 1. The van der Waals surface area contributed by atoms with E-state index in [1.54, 1.807) is 6.92 Å². The number of hydrogen-bond donors (Lipinski definition) is 2. The van der Waals surface area contributed by atoms with Crippen LogP contribution in [0.25, 0.3) is 0 Å². The zero-order valence-corrected chi connectivity index (χ0v) is 11.4. The molecule has 100 valence electrons. The minimum atomic E-state index is -1.10. The van der Waals surface area contributed by atoms with E-state index in [1.807, 2.05) is 18.4 Å². The van der Waals surface area contributed by atoms with Crippen LogP contribution in [0.4, 0.5) is 0 Å². The highest BCUT2D eigenvalue weighted by Crippen LogP contribution is 2.28. The quantitative estimate of drug-likeness (QED) is 0.826. The van der Waals surface area contributed by atoms with Crippen molar-refractivity contribution in [3.05, 3.63) is 21.9 Å². The predicted octanol–water partition coefficient (Wildman–Crippen LogP) is 1.72. The van der Waals surface area contributed by atoms with Gasteiger partial charge in [-0.1, -0.05) is 0 Å². The molecule has 0 aliphatic heterocycles. The molecular formula is C12H17NO4S. The van der Waals surface area contributed by atoms with Gasteiger partial charge in [-0.2, -0.15) is 0 Å². The molecule has 1 amide bonds. The van der Waals surface area contributed by atoms with Crippen LogP contribution in [0, 0.1) is 6.92 Å². The van der Waals surface area contributed by atoms with Crippen LogP contribution in [0.3, 0.4) is 0 Å². The van der Waals surface area contributed by atoms with Crippen LogP contribution >= 0.6 is 11.3 Å². The first-order valence-corrected chi connectivity index (χ1v) is 6.50. The molecule has 1 heterocycles. The minimum absolute atomic E-state index is 0.380. The third kappa shape index (κ3) is 3.82. The number of ether oxygens (including phenoxy) is 1. The van der Waals surface area contributed by atoms with Crippen LogP contribution in [0.5, 0.6) is 0 Å². The van der Waals surface area contributed by atoms with E-state index in [9.17, 15) is 14.7 Å². The van der Waals surface area contributed by atoms with Gasteiger partial charge in [0.1, 0.15) is 6.10 Å². The fraction of sp³-hybridized carbons (Fsp3) is 0.500. The van der Waals surface area contributed by atoms with Crippen molar-refractivity contribution in [2.24, 2.45) is 0 Å². The lowest BCUT2D eigenvalue weighted by Crippen LogP contribution is -2.44. The second-order valence-electron chi connectivity index (χ2n) is 3.92. The fourth-order valence-corrected chi connectivity index (χ4v) is 2.59. The zero-order chi connectivity index (χ0) is 13.7. The Bertz CT molecular complexity index is 429. The molecule has 0 bridgehead atoms. The van der Waals surface area contributed by atoms with Crippen molar-refractivity contribution in [3.63, 3.8) is 0 Å². The molecule has 2 atom stereocenters. The Morgan fingerprint density at radius 1 is 1.56 bits per heavy atom. The van der Waals surface area contributed by atoms with Crippen LogP contribution in [0.15, 0.2) is 11.4 Å². The Kier molecular flexibility index (Phi) is 5.30. The van der Waals surface area contributed by atoms with Crippen LogP contribution < -0.4 is 5.32 Å². The molecule has 0 aromatic carbocycles. The van der Waals surface area contributed by atoms with Crippen LogP contribution in [0.2, 0.25) is 0 Å². The SMILES string of the molecule is CCO[C@H](c1cc(C)cs1)[C@@H](NC(C)=O)C(=O)O. The number of hydrogen-bond acceptors (Lipinski definition) is 4. The number of rotatable bonds is 6. The zero-order valence-electron chi connectivity index (χ0n) is 10.6. The lowest BCUT2D eigenvalue weighted by molar-refractivity contribution is -0.146. The predicted molar refractivity (Wildman–Crippen MR) is 68.7 cm³/mol. The molecule has 0 saturated heterocycles. The normalized spacial score (nSPS) is 13.9. The van der Waals surface area contributed by atoms with Gasteiger partial charge in [-0.25, -0.2) is 4.79 Å². The van der Waals surface area contributed by atoms with Crippen molar-refractivity contribution in [3.8, 4) is 0 Å². The van der Waals surface area contributed by atoms with E-state index in [-0.39, 0.29) is 5.91 Å². The summed E-state index contributed by atoms with van der Waals surface area (Å²) in [5, 5.41) is 13.5. The maximum Gasteiger partial charge on any atom is 0.329 e. The molecule has 2 N–H and O–H groups in total. The van der Waals surface area contributed by atoms with Crippen molar-refractivity contribution in [1.29, 1.82) is 0 Å². The maximum atomic E-state index is 11.2. The minimum Gasteiger partial charge on any atom is -0.480 e. The van der Waals surface area contributed by atoms with Crippen molar-refractivity contribution < 1.29 is 19.4 Å². The summed E-state index contributed by atoms with van der Waals surface area (Å²) in [5.74, 6) is -1.49. The van der Waals surface area contributed by atoms with Gasteiger partial charge < -0.3 is 15.2 Å². The fourth-order valence-electron chi connectivity index (χ4n) is 1.61. The summed E-state index contributed by atoms with van der Waals surface area (Å²) in [6, 6.07) is 0.809. The standard InChI is InChI=1S/C12H17NO4S/c1-4-17-11(9-5-7(2)6-18-9)10(12(15)16)13-8(3)14/h5-6,10-11H,4H2,1-3H3,(H,13,14)(H,15,16)/t10-,11-/m1/s1. The first kappa shape index (κ1) is 14.7. The number of carbonyl (C=O) groups is 2. The van der Waals surface area contributed by atoms with Crippen molar-refractivity contribution in [1.82, 2.24) is 5.32 Å². The number of carbonyl (C=O) groups excluding carboxylic acids is 1. The number of thiophene rings is 1. The van der Waals surface area contributed by atoms with E-state index in [0.717, 1.165) is 10.4 Å². The average molecular weight is 271 g/mol. The van der Waals surface area contributed by atoms with Gasteiger partial charge in [0.25, 0.3) is 0 Å². The maximum absolute atomic E-state index is 11.2. The van der Waals surface area contributed by atoms with Crippen molar-refractivity contribution in [2.75, 3.05) is 6.61 Å². The van der Waals surface area contributed by atoms with Crippen LogP contribution in [0.1, 0.15) is 30.4 Å². The smallest absolute Gasteiger partial charge is 0.329 e. The van der Waals surface area contributed by atoms with Crippen molar-refractivity contribution in [2.45, 2.75) is 32.9 Å². The van der Waals surface area contributed by atoms with E-state index >= 15 is 0 Å². The Morgan fingerprint density at radius 3 is 2.61 bits per heavy atom. The molecule has 1 rings (SSSR count). The second-order valence-corrected chi connectivity index (χ2v) is 4.86. The van der Waals surface area contributed by atoms with E-state index in [2.05, 4.69) is 5.32 Å². The number of aryl methyl sites for hydroxylation is 1. The van der Waals surface area contributed by atoms with E-state index in [4.69, 9.17) is 4.74 Å². The molecule has 0 unspecified atom stereocenters. The summed E-state index contributed by atoms with van der Waals surface area (Å²) in [4.78, 5) is 23.1. The van der Waals surface area contributed by atoms with Gasteiger partial charge in [-0.05, 0) is 30.9 Å². The summed E-state index contributed by atoms with van der Waals surface area (Å²) >= 11 is 1.43. The lowest BCUT2D eigenvalue weighted by atomic mass is 10.1. The molecule has 0 fully saturated rings. The van der Waals surface area contributed by atoms with Gasteiger partial charge in [0.05, 0.1) is 0 Å². The topological polar surface area (TPSA) is 75.6 Å². The molecule has 5 nitrogen and oxygen atoms in total. The molecule has 0 radical (unpaired) electrons. The Balaban J connectivity index is 2.99. The Labute approximate surface area is 110 Å². The van der Waals surface area contributed by atoms with Crippen LogP contribution in [-0.4, -0.2) is 29.6 Å². The molecule has 0 saturated carbocycles. The third-order valence-corrected chi connectivity index (χ3v) is 3.42. The highest BCUT2D eigenvalue weighted by atomic mass is 32.1. The molecule has 1 aromatic heterocycles. The molecule has 0 aliphatic carbocycles. The third-order valence-electron chi connectivity index (χ3n) is 2.31. The highest BCUT2D eigenvalue weighted by molar-refractivity contribution is 7.10. The summed E-state index contributed by atoms with van der Waals surface area (Å²) in [6.07, 6.45) is -0.657. The number of nitrogens with one attached hydrogen (secondary N) is 1. The van der Waals surface area contributed by atoms with Gasteiger partial charge in [0.15, 0.2) is 6.04 Å². The first-order valence-electron chi connectivity index (χ1n) is 5.62. The number of carboxylic acids is 1. The van der Waals surface area contributed by atoms with Gasteiger partial charge in [0, 0.05) is 18.4 Å². The summed E-state index contributed by atoms with van der Waals surface area (Å²) in [6.45, 7) is 5.39. The second kappa shape index (κ2) is 6.51. The molecule has 1 aromatic rings. The molecule has 0 aliphatic rings. The average Bonchev–Trinajstić information content (AvgIpc) is 2.69. The van der Waals surface area contributed by atoms with E-state index < -0.39 is 18.1 Å². The summed E-state index contributed by atoms with van der Waals surface area (Å²) < 4.78 is 5.48. The summed E-state index contributed by atoms with van der Waals surface area (Å²) in [7, 11) is 0. The number of carboxylic acid groups (broad SMARTS) is 1.